The summed E-state index contributed by atoms with van der Waals surface area (Å²) in [5, 5.41) is 7.32. The van der Waals surface area contributed by atoms with Crippen LogP contribution in [-0.4, -0.2) is 22.6 Å². The Balaban J connectivity index is 1.93. The van der Waals surface area contributed by atoms with Crippen molar-refractivity contribution in [3.8, 4) is 0 Å². The van der Waals surface area contributed by atoms with Gasteiger partial charge in [0.25, 0.3) is 0 Å². The summed E-state index contributed by atoms with van der Waals surface area (Å²) >= 11 is 6.15. The third-order valence-electron chi connectivity index (χ3n) is 4.24. The number of halogens is 1. The van der Waals surface area contributed by atoms with Crippen LogP contribution in [0.5, 0.6) is 0 Å². The summed E-state index contributed by atoms with van der Waals surface area (Å²) in [7, 11) is 1.97. The standard InChI is InChI=1S/C19H15ClN6/c1-25(15-5-2-4-14(20)11-15)19-18-6-3-9-26(18)17-8-7-13(12-22-24-21)10-16(17)23-19/h2-12,21H,1H3. The van der Waals surface area contributed by atoms with Crippen LogP contribution in [0.15, 0.2) is 71.1 Å². The Bertz CT molecular complexity index is 1150. The van der Waals surface area contributed by atoms with Crippen LogP contribution in [0.3, 0.4) is 0 Å². The quantitative estimate of drug-likeness (QED) is 0.305. The van der Waals surface area contributed by atoms with Crippen LogP contribution in [-0.2, 0) is 0 Å². The van der Waals surface area contributed by atoms with E-state index in [2.05, 4.69) is 14.7 Å². The molecule has 0 aliphatic carbocycles. The minimum Gasteiger partial charge on any atom is -0.328 e. The van der Waals surface area contributed by atoms with Crippen molar-refractivity contribution < 1.29 is 0 Å². The smallest absolute Gasteiger partial charge is 0.157 e. The van der Waals surface area contributed by atoms with Gasteiger partial charge < -0.3 is 9.30 Å². The van der Waals surface area contributed by atoms with Crippen molar-refractivity contribution in [1.82, 2.24) is 9.38 Å². The van der Waals surface area contributed by atoms with Crippen molar-refractivity contribution >= 4 is 45.9 Å². The molecule has 0 saturated heterocycles. The molecule has 0 aliphatic rings. The summed E-state index contributed by atoms with van der Waals surface area (Å²) in [4.78, 5) is 6.89. The molecule has 0 aliphatic heterocycles. The Morgan fingerprint density at radius 3 is 2.81 bits per heavy atom. The highest BCUT2D eigenvalue weighted by atomic mass is 35.5. The molecular weight excluding hydrogens is 348 g/mol. The lowest BCUT2D eigenvalue weighted by molar-refractivity contribution is 0.996. The SMILES string of the molecule is CN(c1cccc(Cl)c1)c1nc2cc(C=NN=N)ccc2n2cccc12. The average molecular weight is 363 g/mol. The van der Waals surface area contributed by atoms with Crippen LogP contribution in [0.1, 0.15) is 5.56 Å². The molecule has 1 N–H and O–H groups in total. The summed E-state index contributed by atoms with van der Waals surface area (Å²) in [6.45, 7) is 0. The second-order valence-corrected chi connectivity index (χ2v) is 6.27. The molecule has 128 valence electrons. The van der Waals surface area contributed by atoms with Gasteiger partial charge in [0.2, 0.25) is 0 Å². The van der Waals surface area contributed by atoms with Crippen LogP contribution in [0.4, 0.5) is 11.5 Å². The number of nitrogens with zero attached hydrogens (tertiary/aromatic N) is 5. The number of fused-ring (bicyclic) bond motifs is 3. The molecule has 4 rings (SSSR count). The van der Waals surface area contributed by atoms with E-state index in [0.29, 0.717) is 5.02 Å². The van der Waals surface area contributed by atoms with E-state index in [4.69, 9.17) is 22.1 Å². The molecule has 0 spiro atoms. The van der Waals surface area contributed by atoms with Crippen molar-refractivity contribution in [2.24, 2.45) is 10.3 Å². The van der Waals surface area contributed by atoms with Gasteiger partial charge in [-0.3, -0.25) is 0 Å². The van der Waals surface area contributed by atoms with Crippen LogP contribution in [0.25, 0.3) is 16.6 Å². The van der Waals surface area contributed by atoms with E-state index in [-0.39, 0.29) is 0 Å². The molecular formula is C19H15ClN6. The van der Waals surface area contributed by atoms with Crippen molar-refractivity contribution in [3.05, 3.63) is 71.4 Å². The van der Waals surface area contributed by atoms with E-state index in [1.165, 1.54) is 6.21 Å². The van der Waals surface area contributed by atoms with Gasteiger partial charge in [-0.1, -0.05) is 29.0 Å². The van der Waals surface area contributed by atoms with Gasteiger partial charge >= 0.3 is 0 Å². The molecule has 4 aromatic rings. The van der Waals surface area contributed by atoms with Gasteiger partial charge in [-0.05, 0) is 48.0 Å². The lowest BCUT2D eigenvalue weighted by Gasteiger charge is -2.21. The topological polar surface area (TPSA) is 69.1 Å². The Hall–Kier alpha value is -3.25. The number of benzene rings is 2. The first-order chi connectivity index (χ1) is 12.7. The molecule has 2 aromatic heterocycles. The lowest BCUT2D eigenvalue weighted by Crippen LogP contribution is -2.13. The van der Waals surface area contributed by atoms with Crippen LogP contribution < -0.4 is 4.90 Å². The van der Waals surface area contributed by atoms with E-state index >= 15 is 0 Å². The predicted octanol–water partition coefficient (Wildman–Crippen LogP) is 5.27. The fourth-order valence-electron chi connectivity index (χ4n) is 3.01. The fourth-order valence-corrected chi connectivity index (χ4v) is 3.19. The summed E-state index contributed by atoms with van der Waals surface area (Å²) < 4.78 is 2.11. The van der Waals surface area contributed by atoms with Gasteiger partial charge in [-0.25, -0.2) is 4.98 Å². The molecule has 2 heterocycles. The van der Waals surface area contributed by atoms with Crippen molar-refractivity contribution in [1.29, 1.82) is 5.53 Å². The van der Waals surface area contributed by atoms with Crippen LogP contribution >= 0.6 is 11.6 Å². The van der Waals surface area contributed by atoms with E-state index < -0.39 is 0 Å². The zero-order valence-corrected chi connectivity index (χ0v) is 14.7. The first-order valence-corrected chi connectivity index (χ1v) is 8.35. The molecule has 6 nitrogen and oxygen atoms in total. The normalized spacial score (nSPS) is 11.5. The second kappa shape index (κ2) is 6.57. The number of hydrogen-bond donors (Lipinski definition) is 1. The summed E-state index contributed by atoms with van der Waals surface area (Å²) in [5.41, 5.74) is 11.4. The average Bonchev–Trinajstić information content (AvgIpc) is 3.15. The Morgan fingerprint density at radius 1 is 1.12 bits per heavy atom. The Morgan fingerprint density at radius 2 is 2.00 bits per heavy atom. The van der Waals surface area contributed by atoms with Crippen molar-refractivity contribution in [3.63, 3.8) is 0 Å². The highest BCUT2D eigenvalue weighted by Gasteiger charge is 2.13. The molecule has 0 radical (unpaired) electrons. The molecule has 26 heavy (non-hydrogen) atoms. The molecule has 0 amide bonds. The first kappa shape index (κ1) is 16.2. The van der Waals surface area contributed by atoms with E-state index in [0.717, 1.165) is 33.6 Å². The lowest BCUT2D eigenvalue weighted by atomic mass is 10.2. The second-order valence-electron chi connectivity index (χ2n) is 5.83. The maximum Gasteiger partial charge on any atom is 0.157 e. The number of nitrogens with one attached hydrogen (secondary N) is 1. The largest absolute Gasteiger partial charge is 0.328 e. The van der Waals surface area contributed by atoms with E-state index in [1.54, 1.807) is 0 Å². The molecule has 0 atom stereocenters. The third-order valence-corrected chi connectivity index (χ3v) is 4.48. The van der Waals surface area contributed by atoms with Gasteiger partial charge in [-0.2, -0.15) is 5.53 Å². The fraction of sp³-hybridized carbons (Fsp3) is 0.0526. The zero-order chi connectivity index (χ0) is 18.1. The predicted molar refractivity (Wildman–Crippen MR) is 105 cm³/mol. The molecule has 0 bridgehead atoms. The number of rotatable bonds is 4. The molecule has 7 heteroatoms. The van der Waals surface area contributed by atoms with E-state index in [9.17, 15) is 0 Å². The Kier molecular flexibility index (Phi) is 4.10. The number of hydrogen-bond acceptors (Lipinski definition) is 4. The maximum absolute atomic E-state index is 6.79. The van der Waals surface area contributed by atoms with Gasteiger partial charge in [-0.15, -0.1) is 5.10 Å². The summed E-state index contributed by atoms with van der Waals surface area (Å²) in [6.07, 6.45) is 3.55. The summed E-state index contributed by atoms with van der Waals surface area (Å²) in [6, 6.07) is 17.6. The van der Waals surface area contributed by atoms with Crippen LogP contribution in [0.2, 0.25) is 5.02 Å². The molecule has 0 unspecified atom stereocenters. The van der Waals surface area contributed by atoms with Crippen molar-refractivity contribution in [2.75, 3.05) is 11.9 Å². The Labute approximate surface area is 154 Å². The monoisotopic (exact) mass is 362 g/mol. The molecule has 0 saturated carbocycles. The number of anilines is 2. The maximum atomic E-state index is 6.79. The zero-order valence-electron chi connectivity index (χ0n) is 14.0. The third kappa shape index (κ3) is 2.80. The minimum atomic E-state index is 0.680. The van der Waals surface area contributed by atoms with Gasteiger partial charge in [0.1, 0.15) is 0 Å². The van der Waals surface area contributed by atoms with Crippen molar-refractivity contribution in [2.45, 2.75) is 0 Å². The number of aromatic nitrogens is 2. The summed E-state index contributed by atoms with van der Waals surface area (Å²) in [5.74, 6) is 0.823. The van der Waals surface area contributed by atoms with E-state index in [1.807, 2.05) is 72.7 Å². The molecule has 2 aromatic carbocycles. The molecule has 0 fully saturated rings. The van der Waals surface area contributed by atoms with Gasteiger partial charge in [0.05, 0.1) is 22.8 Å². The highest BCUT2D eigenvalue weighted by Crippen LogP contribution is 2.30. The minimum absolute atomic E-state index is 0.680. The van der Waals surface area contributed by atoms with Gasteiger partial charge in [0.15, 0.2) is 5.82 Å². The first-order valence-electron chi connectivity index (χ1n) is 7.97. The van der Waals surface area contributed by atoms with Gasteiger partial charge in [0, 0.05) is 24.0 Å². The van der Waals surface area contributed by atoms with Crippen LogP contribution in [0, 0.1) is 5.53 Å². The highest BCUT2D eigenvalue weighted by molar-refractivity contribution is 6.30.